The molecule has 110 valence electrons. The predicted molar refractivity (Wildman–Crippen MR) is 87.4 cm³/mol. The van der Waals surface area contributed by atoms with Gasteiger partial charge in [-0.3, -0.25) is 4.79 Å². The summed E-state index contributed by atoms with van der Waals surface area (Å²) in [5.41, 5.74) is 2.95. The van der Waals surface area contributed by atoms with Crippen LogP contribution in [0.5, 0.6) is 5.75 Å². The zero-order chi connectivity index (χ0) is 15.3. The first kappa shape index (κ1) is 13.1. The fourth-order valence-electron chi connectivity index (χ4n) is 3.33. The number of phenolic OH excluding ortho intramolecular Hbond substituents is 1. The van der Waals surface area contributed by atoms with Gasteiger partial charge in [-0.15, -0.1) is 0 Å². The molecule has 22 heavy (non-hydrogen) atoms. The lowest BCUT2D eigenvalue weighted by Crippen LogP contribution is -2.04. The van der Waals surface area contributed by atoms with Crippen molar-refractivity contribution in [3.63, 3.8) is 0 Å². The molecule has 1 heterocycles. The second-order valence-electron chi connectivity index (χ2n) is 5.96. The first-order valence-electron chi connectivity index (χ1n) is 7.50. The van der Waals surface area contributed by atoms with Crippen molar-refractivity contribution in [1.82, 2.24) is 0 Å². The summed E-state index contributed by atoms with van der Waals surface area (Å²) in [6.07, 6.45) is 4.18. The molecule has 3 nitrogen and oxygen atoms in total. The van der Waals surface area contributed by atoms with Crippen LogP contribution in [0.3, 0.4) is 0 Å². The summed E-state index contributed by atoms with van der Waals surface area (Å²) >= 11 is 0. The maximum absolute atomic E-state index is 12.7. The number of aromatic hydroxyl groups is 1. The van der Waals surface area contributed by atoms with Gasteiger partial charge < -0.3 is 9.52 Å². The molecule has 0 bridgehead atoms. The van der Waals surface area contributed by atoms with E-state index < -0.39 is 0 Å². The highest BCUT2D eigenvalue weighted by Crippen LogP contribution is 2.39. The minimum atomic E-state index is -0.171. The second-order valence-corrected chi connectivity index (χ2v) is 5.96. The highest BCUT2D eigenvalue weighted by atomic mass is 16.3. The summed E-state index contributed by atoms with van der Waals surface area (Å²) in [6.45, 7) is 2.10. The van der Waals surface area contributed by atoms with E-state index >= 15 is 0 Å². The molecule has 1 N–H and O–H groups in total. The minimum Gasteiger partial charge on any atom is -0.507 e. The van der Waals surface area contributed by atoms with Crippen LogP contribution < -0.4 is 5.43 Å². The number of hydrogen-bond acceptors (Lipinski definition) is 3. The molecule has 0 saturated carbocycles. The van der Waals surface area contributed by atoms with Crippen LogP contribution in [0.4, 0.5) is 0 Å². The fraction of sp³-hybridized carbons (Fsp3) is 0.211. The highest BCUT2D eigenvalue weighted by molar-refractivity contribution is 5.93. The Morgan fingerprint density at radius 1 is 1.14 bits per heavy atom. The van der Waals surface area contributed by atoms with Crippen molar-refractivity contribution in [2.75, 3.05) is 0 Å². The lowest BCUT2D eigenvalue weighted by Gasteiger charge is -2.12. The van der Waals surface area contributed by atoms with Gasteiger partial charge in [-0.1, -0.05) is 29.8 Å². The van der Waals surface area contributed by atoms with E-state index in [2.05, 4.69) is 13.0 Å². The summed E-state index contributed by atoms with van der Waals surface area (Å²) in [5, 5.41) is 11.4. The molecule has 1 aliphatic carbocycles. The van der Waals surface area contributed by atoms with Crippen molar-refractivity contribution in [2.45, 2.75) is 25.7 Å². The predicted octanol–water partition coefficient (Wildman–Crippen LogP) is 4.48. The Labute approximate surface area is 127 Å². The van der Waals surface area contributed by atoms with E-state index in [-0.39, 0.29) is 22.5 Å². The lowest BCUT2D eigenvalue weighted by atomic mass is 9.95. The molecule has 3 heteroatoms. The van der Waals surface area contributed by atoms with Crippen LogP contribution in [0.2, 0.25) is 0 Å². The number of allylic oxidation sites excluding steroid dienone is 2. The van der Waals surface area contributed by atoms with E-state index in [1.165, 1.54) is 5.57 Å². The van der Waals surface area contributed by atoms with Gasteiger partial charge in [-0.25, -0.2) is 0 Å². The van der Waals surface area contributed by atoms with Crippen LogP contribution in [-0.4, -0.2) is 5.11 Å². The topological polar surface area (TPSA) is 50.4 Å². The summed E-state index contributed by atoms with van der Waals surface area (Å²) in [7, 11) is 0. The standard InChI is InChI=1S/C19H16O3/c1-11-6-7-12(10-11)13-8-9-16-17(18(13)20)19(21)14-4-2-3-5-15(14)22-16/h2-5,8-10,12,20H,6-7H2,1H3. The van der Waals surface area contributed by atoms with E-state index in [1.807, 2.05) is 12.1 Å². The van der Waals surface area contributed by atoms with Crippen LogP contribution in [-0.2, 0) is 0 Å². The van der Waals surface area contributed by atoms with Crippen molar-refractivity contribution >= 4 is 21.9 Å². The number of fused-ring (bicyclic) bond motifs is 2. The summed E-state index contributed by atoms with van der Waals surface area (Å²) < 4.78 is 5.77. The molecule has 4 rings (SSSR count). The Morgan fingerprint density at radius 2 is 1.95 bits per heavy atom. The normalized spacial score (nSPS) is 18.0. The molecule has 0 fully saturated rings. The first-order valence-corrected chi connectivity index (χ1v) is 7.50. The van der Waals surface area contributed by atoms with E-state index in [9.17, 15) is 9.90 Å². The number of para-hydroxylation sites is 1. The molecule has 0 amide bonds. The Kier molecular flexibility index (Phi) is 2.83. The van der Waals surface area contributed by atoms with Gasteiger partial charge in [0.15, 0.2) is 0 Å². The van der Waals surface area contributed by atoms with E-state index in [0.29, 0.717) is 16.6 Å². The summed E-state index contributed by atoms with van der Waals surface area (Å²) in [6, 6.07) is 10.8. The van der Waals surface area contributed by atoms with E-state index in [1.54, 1.807) is 24.3 Å². The number of hydrogen-bond donors (Lipinski definition) is 1. The molecule has 2 aromatic carbocycles. The second kappa shape index (κ2) is 4.73. The number of rotatable bonds is 1. The van der Waals surface area contributed by atoms with Gasteiger partial charge in [-0.2, -0.15) is 0 Å². The van der Waals surface area contributed by atoms with Crippen LogP contribution in [0, 0.1) is 0 Å². The van der Waals surface area contributed by atoms with Gasteiger partial charge in [0.25, 0.3) is 0 Å². The van der Waals surface area contributed by atoms with Crippen LogP contribution in [0.25, 0.3) is 21.9 Å². The Morgan fingerprint density at radius 3 is 2.73 bits per heavy atom. The molecule has 1 atom stereocenters. The third kappa shape index (κ3) is 1.86. The van der Waals surface area contributed by atoms with Gasteiger partial charge in [0.05, 0.1) is 5.39 Å². The van der Waals surface area contributed by atoms with Crippen molar-refractivity contribution in [2.24, 2.45) is 0 Å². The monoisotopic (exact) mass is 292 g/mol. The van der Waals surface area contributed by atoms with Gasteiger partial charge >= 0.3 is 0 Å². The summed E-state index contributed by atoms with van der Waals surface area (Å²) in [5.74, 6) is 0.239. The smallest absolute Gasteiger partial charge is 0.204 e. The molecule has 1 aliphatic rings. The average Bonchev–Trinajstić information content (AvgIpc) is 2.94. The number of benzene rings is 2. The van der Waals surface area contributed by atoms with E-state index in [4.69, 9.17) is 4.42 Å². The average molecular weight is 292 g/mol. The Balaban J connectivity index is 2.04. The quantitative estimate of drug-likeness (QED) is 0.531. The van der Waals surface area contributed by atoms with Gasteiger partial charge in [-0.05, 0) is 38.0 Å². The molecule has 1 unspecified atom stereocenters. The van der Waals surface area contributed by atoms with Crippen molar-refractivity contribution in [3.8, 4) is 5.75 Å². The third-order valence-electron chi connectivity index (χ3n) is 4.48. The van der Waals surface area contributed by atoms with Crippen molar-refractivity contribution in [3.05, 3.63) is 63.8 Å². The lowest BCUT2D eigenvalue weighted by molar-refractivity contribution is 0.470. The zero-order valence-electron chi connectivity index (χ0n) is 12.3. The molecule has 0 saturated heterocycles. The van der Waals surface area contributed by atoms with E-state index in [0.717, 1.165) is 18.4 Å². The molecule has 0 spiro atoms. The summed E-state index contributed by atoms with van der Waals surface area (Å²) in [4.78, 5) is 12.7. The maximum Gasteiger partial charge on any atom is 0.204 e. The SMILES string of the molecule is CC1=CC(c2ccc3oc4ccccc4c(=O)c3c2O)CC1. The van der Waals surface area contributed by atoms with Crippen molar-refractivity contribution in [1.29, 1.82) is 0 Å². The first-order chi connectivity index (χ1) is 10.6. The highest BCUT2D eigenvalue weighted by Gasteiger charge is 2.22. The van der Waals surface area contributed by atoms with Gasteiger partial charge in [0.2, 0.25) is 5.43 Å². The molecular weight excluding hydrogens is 276 g/mol. The van der Waals surface area contributed by atoms with Crippen LogP contribution in [0.1, 0.15) is 31.2 Å². The Bertz CT molecular complexity index is 979. The zero-order valence-corrected chi connectivity index (χ0v) is 12.3. The molecule has 0 aliphatic heterocycles. The molecule has 3 aromatic rings. The van der Waals surface area contributed by atoms with Gasteiger partial charge in [0.1, 0.15) is 22.3 Å². The fourth-order valence-corrected chi connectivity index (χ4v) is 3.33. The maximum atomic E-state index is 12.7. The van der Waals surface area contributed by atoms with Gasteiger partial charge in [0, 0.05) is 11.5 Å². The minimum absolute atomic E-state index is 0.0629. The Hall–Kier alpha value is -2.55. The third-order valence-corrected chi connectivity index (χ3v) is 4.48. The van der Waals surface area contributed by atoms with Crippen molar-refractivity contribution < 1.29 is 9.52 Å². The number of phenols is 1. The molecule has 0 radical (unpaired) electrons. The largest absolute Gasteiger partial charge is 0.507 e. The molecular formula is C19H16O3. The van der Waals surface area contributed by atoms with Crippen LogP contribution >= 0.6 is 0 Å². The van der Waals surface area contributed by atoms with Crippen LogP contribution in [0.15, 0.2) is 57.3 Å². The molecule has 1 aromatic heterocycles.